The minimum atomic E-state index is -1.06. The summed E-state index contributed by atoms with van der Waals surface area (Å²) in [6, 6.07) is 23.7. The van der Waals surface area contributed by atoms with Gasteiger partial charge < -0.3 is 20.6 Å². The molecule has 0 atom stereocenters. The Bertz CT molecular complexity index is 1430. The van der Waals surface area contributed by atoms with Crippen LogP contribution in [0.15, 0.2) is 72.8 Å². The van der Waals surface area contributed by atoms with Crippen molar-refractivity contribution in [3.8, 4) is 0 Å². The average Bonchev–Trinajstić information content (AvgIpc) is 3.03. The van der Waals surface area contributed by atoms with E-state index in [9.17, 15) is 19.5 Å². The number of aromatic nitrogens is 1. The van der Waals surface area contributed by atoms with Crippen LogP contribution in [0.3, 0.4) is 0 Å². The van der Waals surface area contributed by atoms with Gasteiger partial charge in [-0.2, -0.15) is 0 Å². The highest BCUT2D eigenvalue weighted by atomic mass is 16.4. The van der Waals surface area contributed by atoms with Gasteiger partial charge in [0.2, 0.25) is 11.8 Å². The Morgan fingerprint density at radius 2 is 1.66 bits per heavy atom. The number of carboxylic acids is 1. The number of carbonyl (C=O) groups is 3. The zero-order valence-corrected chi connectivity index (χ0v) is 25.8. The Morgan fingerprint density at radius 3 is 2.36 bits per heavy atom. The van der Waals surface area contributed by atoms with Crippen LogP contribution in [0.5, 0.6) is 0 Å². The van der Waals surface area contributed by atoms with E-state index in [1.54, 1.807) is 19.9 Å². The number of benzene rings is 2. The first-order valence-electron chi connectivity index (χ1n) is 15.6. The van der Waals surface area contributed by atoms with Gasteiger partial charge >= 0.3 is 5.97 Å². The number of hydrogen-bond acceptors (Lipinski definition) is 5. The molecule has 1 aliphatic rings. The van der Waals surface area contributed by atoms with Crippen LogP contribution in [0.1, 0.15) is 68.5 Å². The van der Waals surface area contributed by atoms with Crippen LogP contribution in [-0.2, 0) is 27.2 Å². The molecule has 1 aromatic heterocycles. The summed E-state index contributed by atoms with van der Waals surface area (Å²) in [5.41, 5.74) is 3.19. The fraction of sp³-hybridized carbons (Fsp3) is 0.389. The van der Waals surface area contributed by atoms with Crippen LogP contribution >= 0.6 is 0 Å². The topological polar surface area (TPSA) is 112 Å². The van der Waals surface area contributed by atoms with Crippen molar-refractivity contribution >= 4 is 35.6 Å². The molecule has 0 aliphatic carbocycles. The number of piperidine rings is 1. The first-order chi connectivity index (χ1) is 21.3. The third-order valence-corrected chi connectivity index (χ3v) is 8.61. The van der Waals surface area contributed by atoms with E-state index in [-0.39, 0.29) is 30.7 Å². The first-order valence-corrected chi connectivity index (χ1v) is 15.6. The van der Waals surface area contributed by atoms with Crippen molar-refractivity contribution in [2.75, 3.05) is 25.0 Å². The number of likely N-dealkylation sites (tertiary alicyclic amines) is 1. The smallest absolute Gasteiger partial charge is 0.310 e. The average molecular weight is 597 g/mol. The van der Waals surface area contributed by atoms with Gasteiger partial charge in [0.05, 0.1) is 23.2 Å². The molecule has 8 heteroatoms. The van der Waals surface area contributed by atoms with Gasteiger partial charge in [0.1, 0.15) is 0 Å². The number of aliphatic carboxylic acids is 1. The SMILES string of the molecule is CCC(CC)(CC(=O)Nc1cccc(/C=C/c2cccc(CC(=O)NC3CCN(CCc4ccccc4)CC3)n2)c1)C(=O)O. The van der Waals surface area contributed by atoms with Gasteiger partial charge in [-0.05, 0) is 73.6 Å². The lowest BCUT2D eigenvalue weighted by Crippen LogP contribution is -2.45. The minimum absolute atomic E-state index is 0.0112. The van der Waals surface area contributed by atoms with Crippen LogP contribution in [0.4, 0.5) is 5.69 Å². The molecule has 44 heavy (non-hydrogen) atoms. The molecule has 232 valence electrons. The summed E-state index contributed by atoms with van der Waals surface area (Å²) in [5, 5.41) is 15.7. The van der Waals surface area contributed by atoms with Crippen LogP contribution in [0.2, 0.25) is 0 Å². The normalized spacial score (nSPS) is 14.4. The summed E-state index contributed by atoms with van der Waals surface area (Å²) in [7, 11) is 0. The van der Waals surface area contributed by atoms with Crippen molar-refractivity contribution in [2.45, 2.75) is 64.8 Å². The van der Waals surface area contributed by atoms with Gasteiger partial charge in [0.25, 0.3) is 0 Å². The van der Waals surface area contributed by atoms with Gasteiger partial charge in [-0.3, -0.25) is 19.4 Å². The number of anilines is 1. The lowest BCUT2D eigenvalue weighted by Gasteiger charge is -2.32. The van der Waals surface area contributed by atoms with Crippen molar-refractivity contribution in [3.05, 3.63) is 95.3 Å². The Balaban J connectivity index is 1.25. The first kappa shape index (κ1) is 32.6. The summed E-state index contributed by atoms with van der Waals surface area (Å²) >= 11 is 0. The molecule has 1 aliphatic heterocycles. The quantitative estimate of drug-likeness (QED) is 0.216. The number of nitrogens with zero attached hydrogens (tertiary/aromatic N) is 2. The molecule has 3 N–H and O–H groups in total. The molecule has 2 aromatic carbocycles. The molecule has 0 unspecified atom stereocenters. The van der Waals surface area contributed by atoms with E-state index in [2.05, 4.69) is 44.8 Å². The number of carbonyl (C=O) groups excluding carboxylic acids is 2. The lowest BCUT2D eigenvalue weighted by atomic mass is 9.79. The maximum absolute atomic E-state index is 12.8. The molecule has 3 aromatic rings. The van der Waals surface area contributed by atoms with E-state index in [4.69, 9.17) is 0 Å². The zero-order chi connectivity index (χ0) is 31.4. The number of pyridine rings is 1. The molecule has 2 heterocycles. The second-order valence-corrected chi connectivity index (χ2v) is 11.6. The highest BCUT2D eigenvalue weighted by Gasteiger charge is 2.37. The molecule has 0 bridgehead atoms. The van der Waals surface area contributed by atoms with Crippen LogP contribution in [0, 0.1) is 5.41 Å². The predicted octanol–water partition coefficient (Wildman–Crippen LogP) is 5.84. The monoisotopic (exact) mass is 596 g/mol. The fourth-order valence-electron chi connectivity index (χ4n) is 5.66. The number of amides is 2. The Hall–Kier alpha value is -4.30. The molecular formula is C36H44N4O4. The summed E-state index contributed by atoms with van der Waals surface area (Å²) < 4.78 is 0. The minimum Gasteiger partial charge on any atom is -0.481 e. The van der Waals surface area contributed by atoms with Crippen molar-refractivity contribution in [3.63, 3.8) is 0 Å². The Labute approximate surface area is 260 Å². The second kappa shape index (κ2) is 16.0. The van der Waals surface area contributed by atoms with Crippen molar-refractivity contribution in [2.24, 2.45) is 5.41 Å². The molecule has 8 nitrogen and oxygen atoms in total. The van der Waals surface area contributed by atoms with Crippen molar-refractivity contribution < 1.29 is 19.5 Å². The highest BCUT2D eigenvalue weighted by molar-refractivity contribution is 5.94. The number of rotatable bonds is 14. The van der Waals surface area contributed by atoms with Crippen molar-refractivity contribution in [1.29, 1.82) is 0 Å². The maximum Gasteiger partial charge on any atom is 0.310 e. The zero-order valence-electron chi connectivity index (χ0n) is 25.8. The second-order valence-electron chi connectivity index (χ2n) is 11.6. The van der Waals surface area contributed by atoms with E-state index in [1.165, 1.54) is 5.56 Å². The van der Waals surface area contributed by atoms with Gasteiger partial charge in [-0.25, -0.2) is 0 Å². The molecule has 4 rings (SSSR count). The highest BCUT2D eigenvalue weighted by Crippen LogP contribution is 2.31. The summed E-state index contributed by atoms with van der Waals surface area (Å²) in [6.45, 7) is 6.61. The standard InChI is InChI=1S/C36H44N4O4/c1-3-36(4-2,35(43)44)26-34(42)39-31-14-8-12-28(24-31)16-17-29-13-9-15-32(37-29)25-33(41)38-30-19-22-40(23-20-30)21-18-27-10-6-5-7-11-27/h5-17,24,30H,3-4,18-23,25-26H2,1-2H3,(H,38,41)(H,39,42)(H,43,44)/b17-16+. The van der Waals surface area contributed by atoms with Crippen LogP contribution < -0.4 is 10.6 Å². The maximum atomic E-state index is 12.8. The Morgan fingerprint density at radius 1 is 0.932 bits per heavy atom. The van der Waals surface area contributed by atoms with Crippen LogP contribution in [0.25, 0.3) is 12.2 Å². The Kier molecular flexibility index (Phi) is 11.8. The lowest BCUT2D eigenvalue weighted by molar-refractivity contribution is -0.151. The largest absolute Gasteiger partial charge is 0.481 e. The van der Waals surface area contributed by atoms with Gasteiger partial charge in [-0.15, -0.1) is 0 Å². The third kappa shape index (κ3) is 9.61. The van der Waals surface area contributed by atoms with Gasteiger partial charge in [-0.1, -0.05) is 68.5 Å². The summed E-state index contributed by atoms with van der Waals surface area (Å²) in [6.07, 6.45) is 7.64. The van der Waals surface area contributed by atoms with Gasteiger partial charge in [0, 0.05) is 37.8 Å². The molecule has 0 saturated carbocycles. The molecule has 1 fully saturated rings. The number of hydrogen-bond donors (Lipinski definition) is 3. The number of carboxylic acid groups (broad SMARTS) is 1. The van der Waals surface area contributed by atoms with E-state index in [0.717, 1.165) is 50.2 Å². The van der Waals surface area contributed by atoms with Gasteiger partial charge in [0.15, 0.2) is 0 Å². The molecular weight excluding hydrogens is 552 g/mol. The summed E-state index contributed by atoms with van der Waals surface area (Å²) in [5.74, 6) is -1.28. The van der Waals surface area contributed by atoms with E-state index >= 15 is 0 Å². The molecule has 0 radical (unpaired) electrons. The van der Waals surface area contributed by atoms with Crippen molar-refractivity contribution in [1.82, 2.24) is 15.2 Å². The molecule has 1 saturated heterocycles. The molecule has 0 spiro atoms. The van der Waals surface area contributed by atoms with E-state index < -0.39 is 11.4 Å². The number of nitrogens with one attached hydrogen (secondary N) is 2. The third-order valence-electron chi connectivity index (χ3n) is 8.61. The van der Waals surface area contributed by atoms with E-state index in [1.807, 2.05) is 54.6 Å². The van der Waals surface area contributed by atoms with E-state index in [0.29, 0.717) is 24.2 Å². The summed E-state index contributed by atoms with van der Waals surface area (Å²) in [4.78, 5) is 44.3. The van der Waals surface area contributed by atoms with Crippen LogP contribution in [-0.4, -0.2) is 58.5 Å². The fourth-order valence-corrected chi connectivity index (χ4v) is 5.66. The molecule has 2 amide bonds. The predicted molar refractivity (Wildman–Crippen MR) is 175 cm³/mol.